The maximum atomic E-state index is 13.0. The molecule has 144 valence electrons. The molecule has 1 heterocycles. The van der Waals surface area contributed by atoms with Gasteiger partial charge in [-0.25, -0.2) is 12.8 Å². The monoisotopic (exact) mass is 420 g/mol. The van der Waals surface area contributed by atoms with Gasteiger partial charge in [-0.15, -0.1) is 0 Å². The van der Waals surface area contributed by atoms with E-state index in [1.807, 2.05) is 0 Å². The number of aromatic hydroxyl groups is 1. The second-order valence-corrected chi connectivity index (χ2v) is 8.29. The van der Waals surface area contributed by atoms with Crippen LogP contribution in [0, 0.1) is 5.82 Å². The number of carbonyl (C=O) groups is 2. The lowest BCUT2D eigenvalue weighted by molar-refractivity contribution is 0.0845. The molecule has 3 aromatic rings. The molecule has 0 radical (unpaired) electrons. The number of phenolic OH excluding ortho intramolecular Hbond substituents is 1. The number of halogens is 1. The number of hydrazine groups is 1. The van der Waals surface area contributed by atoms with E-state index in [2.05, 4.69) is 10.9 Å². The molecule has 2 amide bonds. The molecule has 0 aliphatic rings. The number of carbonyl (C=O) groups excluding carboxylic acids is 2. The Kier molecular flexibility index (Phi) is 5.43. The molecule has 0 aliphatic heterocycles. The zero-order valence-corrected chi connectivity index (χ0v) is 15.7. The van der Waals surface area contributed by atoms with Crippen molar-refractivity contribution in [3.8, 4) is 5.75 Å². The number of rotatable bonds is 4. The fraction of sp³-hybridized carbons (Fsp3) is 0. The van der Waals surface area contributed by atoms with Gasteiger partial charge in [-0.2, -0.15) is 11.3 Å². The summed E-state index contributed by atoms with van der Waals surface area (Å²) < 4.78 is 38.3. The van der Waals surface area contributed by atoms with Crippen LogP contribution in [-0.4, -0.2) is 25.3 Å². The van der Waals surface area contributed by atoms with Crippen LogP contribution in [0.15, 0.2) is 69.1 Å². The molecule has 0 spiro atoms. The van der Waals surface area contributed by atoms with Gasteiger partial charge in [0.15, 0.2) is 0 Å². The predicted molar refractivity (Wildman–Crippen MR) is 99.2 cm³/mol. The molecule has 3 N–H and O–H groups in total. The molecular weight excluding hydrogens is 407 g/mol. The molecule has 7 nitrogen and oxygen atoms in total. The Morgan fingerprint density at radius 2 is 1.57 bits per heavy atom. The molecule has 1 aromatic heterocycles. The molecule has 3 rings (SSSR count). The Morgan fingerprint density at radius 1 is 0.929 bits per heavy atom. The topological polar surface area (TPSA) is 113 Å². The second-order valence-electron chi connectivity index (χ2n) is 5.56. The van der Waals surface area contributed by atoms with E-state index in [1.54, 1.807) is 16.8 Å². The minimum atomic E-state index is -4.04. The molecule has 0 saturated heterocycles. The first-order chi connectivity index (χ1) is 13.3. The van der Waals surface area contributed by atoms with Gasteiger partial charge in [-0.05, 0) is 53.9 Å². The molecule has 0 unspecified atom stereocenters. The summed E-state index contributed by atoms with van der Waals surface area (Å²) in [6.45, 7) is 0. The quantitative estimate of drug-likeness (QED) is 0.443. The van der Waals surface area contributed by atoms with E-state index < -0.39 is 33.2 Å². The summed E-state index contributed by atoms with van der Waals surface area (Å²) in [4.78, 5) is 23.7. The van der Waals surface area contributed by atoms with Crippen molar-refractivity contribution in [1.29, 1.82) is 0 Å². The van der Waals surface area contributed by atoms with Gasteiger partial charge in [-0.1, -0.05) is 0 Å². The SMILES string of the molecule is O=C(NNC(=O)c1cc(S(=O)(=O)c2ccc(F)cc2)ccc1O)c1ccsc1. The number of amides is 2. The van der Waals surface area contributed by atoms with Crippen molar-refractivity contribution >= 4 is 33.0 Å². The molecule has 0 aliphatic carbocycles. The zero-order valence-electron chi connectivity index (χ0n) is 14.0. The summed E-state index contributed by atoms with van der Waals surface area (Å²) in [5.74, 6) is -2.53. The van der Waals surface area contributed by atoms with E-state index in [-0.39, 0.29) is 15.4 Å². The number of sulfone groups is 1. The molecule has 2 aromatic carbocycles. The lowest BCUT2D eigenvalue weighted by Gasteiger charge is -2.10. The minimum Gasteiger partial charge on any atom is -0.507 e. The third kappa shape index (κ3) is 4.02. The van der Waals surface area contributed by atoms with Crippen molar-refractivity contribution in [2.45, 2.75) is 9.79 Å². The molecule has 0 bridgehead atoms. The molecule has 28 heavy (non-hydrogen) atoms. The minimum absolute atomic E-state index is 0.170. The van der Waals surface area contributed by atoms with Gasteiger partial charge in [0.2, 0.25) is 9.84 Å². The lowest BCUT2D eigenvalue weighted by atomic mass is 10.2. The summed E-state index contributed by atoms with van der Waals surface area (Å²) in [7, 11) is -4.04. The first-order valence-corrected chi connectivity index (χ1v) is 10.2. The highest BCUT2D eigenvalue weighted by Gasteiger charge is 2.22. The van der Waals surface area contributed by atoms with Crippen molar-refractivity contribution in [3.63, 3.8) is 0 Å². The van der Waals surface area contributed by atoms with Crippen molar-refractivity contribution in [1.82, 2.24) is 10.9 Å². The number of thiophene rings is 1. The van der Waals surface area contributed by atoms with Crippen LogP contribution in [-0.2, 0) is 9.84 Å². The molecule has 10 heteroatoms. The average Bonchev–Trinajstić information content (AvgIpc) is 3.21. The lowest BCUT2D eigenvalue weighted by Crippen LogP contribution is -2.41. The van der Waals surface area contributed by atoms with Crippen molar-refractivity contribution < 1.29 is 27.5 Å². The fourth-order valence-corrected chi connectivity index (χ4v) is 4.18. The molecular formula is C18H13FN2O5S2. The van der Waals surface area contributed by atoms with E-state index in [4.69, 9.17) is 0 Å². The van der Waals surface area contributed by atoms with Gasteiger partial charge in [0, 0.05) is 5.38 Å². The molecule has 0 fully saturated rings. The van der Waals surface area contributed by atoms with Crippen LogP contribution in [0.4, 0.5) is 4.39 Å². The van der Waals surface area contributed by atoms with E-state index >= 15 is 0 Å². The highest BCUT2D eigenvalue weighted by atomic mass is 32.2. The van der Waals surface area contributed by atoms with Gasteiger partial charge in [0.25, 0.3) is 11.8 Å². The maximum Gasteiger partial charge on any atom is 0.273 e. The number of nitrogens with one attached hydrogen (secondary N) is 2. The first kappa shape index (κ1) is 19.5. The summed E-state index contributed by atoms with van der Waals surface area (Å²) in [6, 6.07) is 8.89. The van der Waals surface area contributed by atoms with E-state index in [9.17, 15) is 27.5 Å². The number of hydrogen-bond acceptors (Lipinski definition) is 6. The van der Waals surface area contributed by atoms with Crippen LogP contribution in [0.2, 0.25) is 0 Å². The third-order valence-electron chi connectivity index (χ3n) is 3.72. The first-order valence-electron chi connectivity index (χ1n) is 7.75. The van der Waals surface area contributed by atoms with Crippen molar-refractivity contribution in [2.24, 2.45) is 0 Å². The largest absolute Gasteiger partial charge is 0.507 e. The van der Waals surface area contributed by atoms with Crippen LogP contribution in [0.5, 0.6) is 5.75 Å². The van der Waals surface area contributed by atoms with Gasteiger partial charge in [0.1, 0.15) is 11.6 Å². The highest BCUT2D eigenvalue weighted by molar-refractivity contribution is 7.91. The number of benzene rings is 2. The normalized spacial score (nSPS) is 11.0. The van der Waals surface area contributed by atoms with Crippen LogP contribution in [0.25, 0.3) is 0 Å². The Morgan fingerprint density at radius 3 is 2.21 bits per heavy atom. The van der Waals surface area contributed by atoms with E-state index in [0.29, 0.717) is 5.56 Å². The predicted octanol–water partition coefficient (Wildman–Crippen LogP) is 2.50. The molecule has 0 atom stereocenters. The van der Waals surface area contributed by atoms with Crippen LogP contribution in [0.1, 0.15) is 20.7 Å². The van der Waals surface area contributed by atoms with Gasteiger partial charge < -0.3 is 5.11 Å². The Balaban J connectivity index is 1.83. The second kappa shape index (κ2) is 7.79. The summed E-state index contributed by atoms with van der Waals surface area (Å²) in [5.41, 5.74) is 4.27. The number of hydrogen-bond donors (Lipinski definition) is 3. The zero-order chi connectivity index (χ0) is 20.3. The Labute approximate surface area is 163 Å². The van der Waals surface area contributed by atoms with Gasteiger partial charge >= 0.3 is 0 Å². The average molecular weight is 420 g/mol. The van der Waals surface area contributed by atoms with Crippen LogP contribution >= 0.6 is 11.3 Å². The van der Waals surface area contributed by atoms with Gasteiger partial charge in [-0.3, -0.25) is 20.4 Å². The van der Waals surface area contributed by atoms with E-state index in [0.717, 1.165) is 42.5 Å². The van der Waals surface area contributed by atoms with Crippen molar-refractivity contribution in [2.75, 3.05) is 0 Å². The Bertz CT molecular complexity index is 1130. The number of phenols is 1. The standard InChI is InChI=1S/C18H13FN2O5S2/c19-12-1-3-13(4-2-12)28(25,26)14-5-6-16(22)15(9-14)18(24)21-20-17(23)11-7-8-27-10-11/h1-10,22H,(H,20,23)(H,21,24). The van der Waals surface area contributed by atoms with Gasteiger partial charge in [0.05, 0.1) is 20.9 Å². The van der Waals surface area contributed by atoms with Crippen LogP contribution in [0.3, 0.4) is 0 Å². The van der Waals surface area contributed by atoms with Crippen LogP contribution < -0.4 is 10.9 Å². The smallest absolute Gasteiger partial charge is 0.273 e. The fourth-order valence-electron chi connectivity index (χ4n) is 2.26. The summed E-state index contributed by atoms with van der Waals surface area (Å²) in [6.07, 6.45) is 0. The summed E-state index contributed by atoms with van der Waals surface area (Å²) >= 11 is 1.30. The third-order valence-corrected chi connectivity index (χ3v) is 6.17. The Hall–Kier alpha value is -3.24. The van der Waals surface area contributed by atoms with Crippen molar-refractivity contribution in [3.05, 3.63) is 76.2 Å². The van der Waals surface area contributed by atoms with E-state index in [1.165, 1.54) is 11.3 Å². The highest BCUT2D eigenvalue weighted by Crippen LogP contribution is 2.26. The molecule has 0 saturated carbocycles. The maximum absolute atomic E-state index is 13.0. The summed E-state index contributed by atoms with van der Waals surface area (Å²) in [5, 5.41) is 13.2.